The highest BCUT2D eigenvalue weighted by Gasteiger charge is 2.87. The molecule has 0 spiro atoms. The number of rotatable bonds is 6. The van der Waals surface area contributed by atoms with Crippen molar-refractivity contribution in [2.75, 3.05) is 0 Å². The van der Waals surface area contributed by atoms with Gasteiger partial charge in [0, 0.05) is 58.5 Å². The number of Topliss-reactive ketones (excluding diaryl/α,β-unsaturated/α-hetero) is 4. The molecule has 462 valence electrons. The van der Waals surface area contributed by atoms with Crippen LogP contribution < -0.4 is 0 Å². The molecule has 0 aromatic heterocycles. The lowest BCUT2D eigenvalue weighted by atomic mass is 9.33. The van der Waals surface area contributed by atoms with Crippen LogP contribution in [0.4, 0.5) is 26.3 Å². The van der Waals surface area contributed by atoms with E-state index in [0.717, 1.165) is 49.7 Å². The maximum absolute atomic E-state index is 14.6. The number of alkyl halides is 6. The Bertz CT molecular complexity index is 3080. The van der Waals surface area contributed by atoms with E-state index in [4.69, 9.17) is 19.3 Å². The van der Waals surface area contributed by atoms with Gasteiger partial charge in [0.15, 0.2) is 23.5 Å². The Labute approximate surface area is 496 Å². The number of hydrogen-bond donors (Lipinski definition) is 0. The van der Waals surface area contributed by atoms with Gasteiger partial charge in [-0.1, -0.05) is 122 Å². The monoisotopic (exact) mass is 1180 g/mol. The number of halogens is 6. The van der Waals surface area contributed by atoms with Crippen LogP contribution in [0.3, 0.4) is 0 Å². The first-order chi connectivity index (χ1) is 38.8. The molecule has 9 nitrogen and oxygen atoms in total. The molecule has 16 atom stereocenters. The average Bonchev–Trinajstić information content (AvgIpc) is 1.64. The highest BCUT2D eigenvalue weighted by molar-refractivity contribution is 6.04. The second kappa shape index (κ2) is 19.1. The van der Waals surface area contributed by atoms with Crippen molar-refractivity contribution in [1.29, 1.82) is 0 Å². The van der Waals surface area contributed by atoms with Crippen LogP contribution in [-0.2, 0) is 33.5 Å². The number of allylic oxidation sites excluding steroid dienone is 5. The second-order valence-corrected chi connectivity index (χ2v) is 32.5. The van der Waals surface area contributed by atoms with Gasteiger partial charge in [0.1, 0.15) is 11.6 Å². The molecule has 0 unspecified atom stereocenters. The number of carbonyl (C=O) groups is 6. The molecule has 1 saturated heterocycles. The lowest BCUT2D eigenvalue weighted by Gasteiger charge is -2.69. The normalized spacial score (nSPS) is 45.2. The number of nitrogens with zero attached hydrogens (tertiary/aromatic N) is 2. The molecule has 84 heavy (non-hydrogen) atoms. The van der Waals surface area contributed by atoms with Gasteiger partial charge in [0.05, 0.1) is 19.4 Å². The van der Waals surface area contributed by atoms with E-state index in [-0.39, 0.29) is 74.9 Å². The first-order valence-corrected chi connectivity index (χ1v) is 30.8. The lowest BCUT2D eigenvalue weighted by molar-refractivity contribution is -0.182. The highest BCUT2D eigenvalue weighted by atomic mass is 19.4. The van der Waals surface area contributed by atoms with Crippen molar-refractivity contribution in [2.45, 2.75) is 244 Å². The van der Waals surface area contributed by atoms with Gasteiger partial charge in [-0.25, -0.2) is 11.4 Å². The van der Waals surface area contributed by atoms with Crippen LogP contribution in [0.5, 0.6) is 0 Å². The number of epoxide rings is 1. The zero-order valence-electron chi connectivity index (χ0n) is 53.5. The molecular formula is C69H92F6N2O7. The summed E-state index contributed by atoms with van der Waals surface area (Å²) in [6.07, 6.45) is 1.71. The van der Waals surface area contributed by atoms with Gasteiger partial charge in [-0.2, -0.15) is 26.3 Å². The number of ether oxygens (including phenoxy) is 1. The molecule has 0 N–H and O–H groups in total. The zero-order valence-corrected chi connectivity index (χ0v) is 52.5. The van der Waals surface area contributed by atoms with Crippen LogP contribution in [0, 0.1) is 114 Å². The van der Waals surface area contributed by atoms with Crippen molar-refractivity contribution in [2.24, 2.45) is 100 Å². The Morgan fingerprint density at radius 1 is 0.607 bits per heavy atom. The van der Waals surface area contributed by atoms with E-state index in [1.54, 1.807) is 12.2 Å². The summed E-state index contributed by atoms with van der Waals surface area (Å²) in [6.45, 7) is 44.8. The molecule has 0 aromatic rings. The third-order valence-electron chi connectivity index (χ3n) is 26.9. The largest absolute Gasteiger partial charge is 0.424 e. The standard InChI is InChI=1S/C34H44F3NO4.C34H44F3NO3.CH4/c1-27(2)13-15-32(23(40)10-12-33(35,36)37)16-14-30(6)24(19(32)18-27)20(39)17-22-29(30,5)11-9-21-28(3,4)25(41)34(38-8)26(42-34)31(21,22)7;1-28(2)13-15-33(25(40)10-12-34(35,36)37)16-14-32(7)26(20(33)18-28)22(39)17-24-30(5)19-21(38-8)27(41)29(3,4)23(30)9-11-31(24,32)6;/h17,19,21,24,26H,9-16,18H2,1-7H3;17,19-20,23,26H,9-16,18H2,1-7H3;1H4/t19-,21-,24-,26+,29+,30+,31-,32-,34-;20-,23-,26-,30-,31+,32+,33-;/m00./s1/i;;1T. The summed E-state index contributed by atoms with van der Waals surface area (Å²) in [5.41, 5.74) is -6.23. The van der Waals surface area contributed by atoms with E-state index in [1.165, 1.54) is 7.40 Å². The maximum atomic E-state index is 14.6. The fourth-order valence-electron chi connectivity index (χ4n) is 22.0. The first-order valence-electron chi connectivity index (χ1n) is 31.8. The Balaban J connectivity index is 0.000000198. The molecule has 1 aliphatic heterocycles. The molecule has 8 fully saturated rings. The van der Waals surface area contributed by atoms with E-state index in [2.05, 4.69) is 78.9 Å². The summed E-state index contributed by atoms with van der Waals surface area (Å²) in [5, 5.41) is 0. The molecule has 15 heteroatoms. The maximum Gasteiger partial charge on any atom is 0.424 e. The van der Waals surface area contributed by atoms with Crippen molar-refractivity contribution in [3.63, 3.8) is 0 Å². The molecule has 1 heterocycles. The second-order valence-electron chi connectivity index (χ2n) is 32.5. The summed E-state index contributed by atoms with van der Waals surface area (Å²) in [4.78, 5) is 90.7. The van der Waals surface area contributed by atoms with E-state index < -0.39 is 116 Å². The molecule has 11 rings (SSSR count). The SMILES string of the molecule is [3H]C.[C-]#[N+]C1=C[C@]2(C)C3=CC(=O)[C@@H]4[C@@H]5CC(C)(C)CC[C@]5(C(=O)CCC(F)(F)F)CC[C@@]4(C)[C@]3(C)CC[C@H]2C(C)(C)C1=O.[C-]#[N+][C@@]12O[C@@H]1[C@]1(C)C3=CC(=O)[C@@H]4[C@@H]5CC(C)(C)CC[C@]5(C(=O)CCC(F)(F)F)CC[C@@]4(C)[C@]3(C)CC[C@H]1C(C)(C)C2=O. The number of fused-ring (bicyclic) bond motifs is 16. The quantitative estimate of drug-likeness (QED) is 0.147. The third-order valence-corrected chi connectivity index (χ3v) is 26.9. The zero-order chi connectivity index (χ0) is 63.7. The Morgan fingerprint density at radius 3 is 1.45 bits per heavy atom. The molecule has 0 amide bonds. The van der Waals surface area contributed by atoms with Gasteiger partial charge in [-0.05, 0) is 158 Å². The van der Waals surface area contributed by atoms with Crippen LogP contribution in [0.1, 0.15) is 221 Å². The molecule has 7 saturated carbocycles. The predicted octanol–water partition coefficient (Wildman–Crippen LogP) is 16.8. The number of carbonyl (C=O) groups excluding carboxylic acids is 6. The average molecular weight is 1180 g/mol. The Hall–Kier alpha value is -4.24. The molecule has 10 aliphatic carbocycles. The topological polar surface area (TPSA) is 124 Å². The summed E-state index contributed by atoms with van der Waals surface area (Å²) in [5.74, 6) is -2.75. The summed E-state index contributed by atoms with van der Waals surface area (Å²) in [7, 11) is 1.25. The van der Waals surface area contributed by atoms with Gasteiger partial charge in [0.25, 0.3) is 5.78 Å². The van der Waals surface area contributed by atoms with E-state index in [9.17, 15) is 55.1 Å². The van der Waals surface area contributed by atoms with Crippen LogP contribution >= 0.6 is 0 Å². The Kier molecular flexibility index (Phi) is 14.3. The number of ketones is 6. The van der Waals surface area contributed by atoms with Crippen LogP contribution in [0.25, 0.3) is 9.69 Å². The molecule has 0 radical (unpaired) electrons. The molecule has 11 aliphatic rings. The van der Waals surface area contributed by atoms with Gasteiger partial charge >= 0.3 is 18.1 Å². The van der Waals surface area contributed by atoms with E-state index in [0.29, 0.717) is 51.4 Å². The van der Waals surface area contributed by atoms with E-state index >= 15 is 0 Å². The van der Waals surface area contributed by atoms with Gasteiger partial charge in [0.2, 0.25) is 5.70 Å². The van der Waals surface area contributed by atoms with Gasteiger partial charge in [-0.3, -0.25) is 33.6 Å². The van der Waals surface area contributed by atoms with Crippen LogP contribution in [0.15, 0.2) is 35.1 Å². The van der Waals surface area contributed by atoms with Crippen molar-refractivity contribution in [1.82, 2.24) is 0 Å². The van der Waals surface area contributed by atoms with E-state index in [1.807, 2.05) is 33.8 Å². The van der Waals surface area contributed by atoms with Crippen LogP contribution in [0.2, 0.25) is 0 Å². The fraction of sp³-hybridized carbons (Fsp3) is 0.797. The minimum absolute atomic E-state index is 0.0373. The molecular weight excluding hydrogens is 1080 g/mol. The summed E-state index contributed by atoms with van der Waals surface area (Å²) in [6, 6.07) is 0. The smallest absolute Gasteiger partial charge is 0.307 e. The lowest BCUT2D eigenvalue weighted by Crippen LogP contribution is -2.67. The minimum Gasteiger partial charge on any atom is -0.307 e. The predicted molar refractivity (Wildman–Crippen MR) is 307 cm³/mol. The highest BCUT2D eigenvalue weighted by Crippen LogP contribution is 2.79. The molecule has 0 aromatic carbocycles. The first kappa shape index (κ1) is 62.8. The Morgan fingerprint density at radius 2 is 1.02 bits per heavy atom. The van der Waals surface area contributed by atoms with Crippen molar-refractivity contribution in [3.05, 3.63) is 57.9 Å². The summed E-state index contributed by atoms with van der Waals surface area (Å²) < 4.78 is 91.1. The number of hydrogen-bond acceptors (Lipinski definition) is 7. The van der Waals surface area contributed by atoms with Crippen molar-refractivity contribution < 1.29 is 61.2 Å². The minimum atomic E-state index is -4.40. The molecule has 0 bridgehead atoms. The van der Waals surface area contributed by atoms with Gasteiger partial charge < -0.3 is 4.79 Å². The van der Waals surface area contributed by atoms with Crippen molar-refractivity contribution in [3.8, 4) is 0 Å². The van der Waals surface area contributed by atoms with Gasteiger partial charge in [-0.15, -0.1) is 0 Å². The fourth-order valence-corrected chi connectivity index (χ4v) is 22.0. The van der Waals surface area contributed by atoms with Crippen molar-refractivity contribution >= 4 is 34.7 Å². The summed E-state index contributed by atoms with van der Waals surface area (Å²) >= 11 is 0. The van der Waals surface area contributed by atoms with Crippen LogP contribution in [-0.4, -0.2) is 58.9 Å². The third kappa shape index (κ3) is 8.60.